The fourth-order valence-electron chi connectivity index (χ4n) is 3.86. The van der Waals surface area contributed by atoms with Crippen LogP contribution in [-0.2, 0) is 19.1 Å². The van der Waals surface area contributed by atoms with Gasteiger partial charge in [-0.25, -0.2) is 0 Å². The Morgan fingerprint density at radius 2 is 1.58 bits per heavy atom. The van der Waals surface area contributed by atoms with E-state index in [-0.39, 0.29) is 11.8 Å². The van der Waals surface area contributed by atoms with E-state index in [1.807, 2.05) is 58.9 Å². The maximum absolute atomic E-state index is 12.9. The second kappa shape index (κ2) is 7.12. The molecule has 0 N–H and O–H groups in total. The van der Waals surface area contributed by atoms with Gasteiger partial charge in [-0.15, -0.1) is 0 Å². The Morgan fingerprint density at radius 1 is 1.04 bits per heavy atom. The van der Waals surface area contributed by atoms with Gasteiger partial charge in [-0.05, 0) is 37.5 Å². The van der Waals surface area contributed by atoms with Crippen molar-refractivity contribution in [1.29, 1.82) is 0 Å². The van der Waals surface area contributed by atoms with Gasteiger partial charge in [0.15, 0.2) is 5.41 Å². The number of cyclic esters (lactones) is 2. The van der Waals surface area contributed by atoms with Gasteiger partial charge in [-0.2, -0.15) is 0 Å². The molecule has 1 unspecified atom stereocenters. The van der Waals surface area contributed by atoms with Crippen LogP contribution in [0.15, 0.2) is 24.3 Å². The smallest absolute Gasteiger partial charge is 0.326 e. The van der Waals surface area contributed by atoms with Crippen molar-refractivity contribution < 1.29 is 19.1 Å². The van der Waals surface area contributed by atoms with E-state index in [0.717, 1.165) is 6.42 Å². The lowest BCUT2D eigenvalue weighted by Crippen LogP contribution is -2.55. The van der Waals surface area contributed by atoms with Gasteiger partial charge >= 0.3 is 11.9 Å². The number of rotatable bonds is 6. The Morgan fingerprint density at radius 3 is 1.96 bits per heavy atom. The molecule has 4 heteroatoms. The van der Waals surface area contributed by atoms with Crippen molar-refractivity contribution in [2.24, 2.45) is 22.7 Å². The van der Waals surface area contributed by atoms with E-state index in [1.165, 1.54) is 0 Å². The summed E-state index contributed by atoms with van der Waals surface area (Å²) in [4.78, 5) is 25.9. The summed E-state index contributed by atoms with van der Waals surface area (Å²) in [7, 11) is 0. The highest BCUT2D eigenvalue weighted by molar-refractivity contribution is 6.01. The molecule has 0 saturated carbocycles. The van der Waals surface area contributed by atoms with E-state index < -0.39 is 29.1 Å². The predicted octanol–water partition coefficient (Wildman–Crippen LogP) is 4.40. The third kappa shape index (κ3) is 3.42. The summed E-state index contributed by atoms with van der Waals surface area (Å²) in [5.41, 5.74) is -1.62. The normalized spacial score (nSPS) is 26.8. The second-order valence-corrected chi connectivity index (χ2v) is 8.00. The van der Waals surface area contributed by atoms with Crippen LogP contribution in [0, 0.1) is 22.7 Å². The van der Waals surface area contributed by atoms with Gasteiger partial charge in [-0.3, -0.25) is 9.59 Å². The quantitative estimate of drug-likeness (QED) is 0.533. The molecule has 0 aromatic carbocycles. The predicted molar refractivity (Wildman–Crippen MR) is 92.9 cm³/mol. The van der Waals surface area contributed by atoms with E-state index in [2.05, 4.69) is 0 Å². The molecule has 0 aromatic heterocycles. The average Bonchev–Trinajstić information content (AvgIpc) is 2.51. The molecule has 0 amide bonds. The van der Waals surface area contributed by atoms with Crippen molar-refractivity contribution in [2.75, 3.05) is 0 Å². The van der Waals surface area contributed by atoms with Crippen LogP contribution in [0.1, 0.15) is 60.3 Å². The molecule has 2 aliphatic rings. The molecule has 24 heavy (non-hydrogen) atoms. The first-order valence-corrected chi connectivity index (χ1v) is 9.02. The van der Waals surface area contributed by atoms with Gasteiger partial charge in [0, 0.05) is 0 Å². The molecule has 0 spiro atoms. The molecule has 4 nitrogen and oxygen atoms in total. The highest BCUT2D eigenvalue weighted by atomic mass is 16.7. The van der Waals surface area contributed by atoms with Crippen molar-refractivity contribution >= 4 is 11.9 Å². The third-order valence-corrected chi connectivity index (χ3v) is 5.02. The van der Waals surface area contributed by atoms with Crippen molar-refractivity contribution in [2.45, 2.75) is 66.6 Å². The summed E-state index contributed by atoms with van der Waals surface area (Å²) >= 11 is 0. The SMILES string of the molecule is CCC1(C2OC(=O)C(CC(C)C)(CC(C)C)C(=O)O2)C=CC=CC1. The van der Waals surface area contributed by atoms with Gasteiger partial charge < -0.3 is 9.47 Å². The zero-order valence-electron chi connectivity index (χ0n) is 15.5. The first-order chi connectivity index (χ1) is 11.3. The molecule has 1 aliphatic heterocycles. The largest absolute Gasteiger partial charge is 0.423 e. The van der Waals surface area contributed by atoms with E-state index in [9.17, 15) is 9.59 Å². The standard InChI is InChI=1S/C20H30O4/c1-6-19(10-8-7-9-11-19)18-23-16(21)20(12-14(2)3,13-15(4)5)17(22)24-18/h7-10,14-15,18H,6,11-13H2,1-5H3. The van der Waals surface area contributed by atoms with Crippen LogP contribution in [0.3, 0.4) is 0 Å². The zero-order valence-corrected chi connectivity index (χ0v) is 15.5. The first kappa shape index (κ1) is 18.8. The lowest BCUT2D eigenvalue weighted by molar-refractivity contribution is -0.244. The van der Waals surface area contributed by atoms with Gasteiger partial charge in [0.05, 0.1) is 5.41 Å². The summed E-state index contributed by atoms with van der Waals surface area (Å²) in [6, 6.07) is 0. The first-order valence-electron chi connectivity index (χ1n) is 9.02. The van der Waals surface area contributed by atoms with Crippen LogP contribution in [-0.4, -0.2) is 18.2 Å². The molecule has 1 atom stereocenters. The molecular weight excluding hydrogens is 304 g/mol. The number of hydrogen-bond acceptors (Lipinski definition) is 4. The molecule has 134 valence electrons. The maximum Gasteiger partial charge on any atom is 0.326 e. The lowest BCUT2D eigenvalue weighted by atomic mass is 9.72. The topological polar surface area (TPSA) is 52.6 Å². The molecule has 1 saturated heterocycles. The molecule has 1 fully saturated rings. The molecule has 1 heterocycles. The van der Waals surface area contributed by atoms with E-state index in [1.54, 1.807) is 0 Å². The summed E-state index contributed by atoms with van der Waals surface area (Å²) in [5.74, 6) is -0.417. The van der Waals surface area contributed by atoms with Crippen LogP contribution in [0.25, 0.3) is 0 Å². The molecule has 0 aromatic rings. The highest BCUT2D eigenvalue weighted by Crippen LogP contribution is 2.46. The van der Waals surface area contributed by atoms with Crippen molar-refractivity contribution in [3.8, 4) is 0 Å². The number of ether oxygens (including phenoxy) is 2. The third-order valence-electron chi connectivity index (χ3n) is 5.02. The van der Waals surface area contributed by atoms with Gasteiger partial charge in [0.1, 0.15) is 0 Å². The molecule has 1 aliphatic carbocycles. The maximum atomic E-state index is 12.9. The minimum Gasteiger partial charge on any atom is -0.423 e. The Bertz CT molecular complexity index is 514. The molecular formula is C20H30O4. The Kier molecular flexibility index (Phi) is 5.56. The molecule has 0 radical (unpaired) electrons. The zero-order chi connectivity index (χ0) is 18.0. The van der Waals surface area contributed by atoms with Crippen molar-refractivity contribution in [3.63, 3.8) is 0 Å². The Balaban J connectivity index is 2.30. The molecule has 0 bridgehead atoms. The van der Waals surface area contributed by atoms with Crippen LogP contribution < -0.4 is 0 Å². The number of hydrogen-bond donors (Lipinski definition) is 0. The summed E-state index contributed by atoms with van der Waals surface area (Å²) in [5, 5.41) is 0. The van der Waals surface area contributed by atoms with Gasteiger partial charge in [0.25, 0.3) is 6.29 Å². The summed E-state index contributed by atoms with van der Waals surface area (Å²) < 4.78 is 11.5. The van der Waals surface area contributed by atoms with Crippen LogP contribution in [0.4, 0.5) is 0 Å². The fraction of sp³-hybridized carbons (Fsp3) is 0.700. The summed E-state index contributed by atoms with van der Waals surface area (Å²) in [6.07, 6.45) is 9.44. The Labute approximate surface area is 145 Å². The molecule has 2 rings (SSSR count). The van der Waals surface area contributed by atoms with Crippen LogP contribution in [0.5, 0.6) is 0 Å². The number of esters is 2. The monoisotopic (exact) mass is 334 g/mol. The summed E-state index contributed by atoms with van der Waals surface area (Å²) in [6.45, 7) is 10.1. The number of carbonyl (C=O) groups excluding carboxylic acids is 2. The number of carbonyl (C=O) groups is 2. The van der Waals surface area contributed by atoms with Crippen LogP contribution in [0.2, 0.25) is 0 Å². The average molecular weight is 334 g/mol. The minimum absolute atomic E-state index is 0.207. The van der Waals surface area contributed by atoms with Gasteiger partial charge in [-0.1, -0.05) is 58.9 Å². The lowest BCUT2D eigenvalue weighted by Gasteiger charge is -2.44. The minimum atomic E-state index is -1.16. The van der Waals surface area contributed by atoms with Crippen LogP contribution >= 0.6 is 0 Å². The van der Waals surface area contributed by atoms with E-state index in [0.29, 0.717) is 19.3 Å². The van der Waals surface area contributed by atoms with E-state index in [4.69, 9.17) is 9.47 Å². The second-order valence-electron chi connectivity index (χ2n) is 8.00. The van der Waals surface area contributed by atoms with Crippen molar-refractivity contribution in [3.05, 3.63) is 24.3 Å². The van der Waals surface area contributed by atoms with E-state index >= 15 is 0 Å². The number of allylic oxidation sites excluding steroid dienone is 3. The highest BCUT2D eigenvalue weighted by Gasteiger charge is 2.57. The van der Waals surface area contributed by atoms with Crippen molar-refractivity contribution in [1.82, 2.24) is 0 Å². The Hall–Kier alpha value is -1.58. The van der Waals surface area contributed by atoms with Gasteiger partial charge in [0.2, 0.25) is 0 Å². The fourth-order valence-corrected chi connectivity index (χ4v) is 3.86.